The molecule has 0 aliphatic carbocycles. The minimum Gasteiger partial charge on any atom is -0.494 e. The van der Waals surface area contributed by atoms with E-state index in [2.05, 4.69) is 57.1 Å². The van der Waals surface area contributed by atoms with Crippen LogP contribution in [0.15, 0.2) is 48.7 Å². The van der Waals surface area contributed by atoms with Crippen LogP contribution in [-0.2, 0) is 6.54 Å². The highest BCUT2D eigenvalue weighted by Crippen LogP contribution is 2.29. The van der Waals surface area contributed by atoms with E-state index in [-0.39, 0.29) is 11.8 Å². The molecule has 0 radical (unpaired) electrons. The molecule has 1 aliphatic heterocycles. The van der Waals surface area contributed by atoms with Crippen molar-refractivity contribution in [3.05, 3.63) is 63.4 Å². The topological polar surface area (TPSA) is 57.5 Å². The molecular formula is C24H28IN3O2. The molecule has 158 valence electrons. The standard InChI is InChI=1S/C24H28IN3O2/c25-21-9-5-18(6-10-21)16-28-17-20-8-7-19(15-22(20)24(28)30)23(29)26-11-4-14-27-12-2-1-3-13-27/h5-10,15,17,30H,1-4,11-14,16H2,(H,26,29). The van der Waals surface area contributed by atoms with Gasteiger partial charge in [0.2, 0.25) is 0 Å². The van der Waals surface area contributed by atoms with Crippen LogP contribution in [0.2, 0.25) is 0 Å². The Morgan fingerprint density at radius 3 is 2.60 bits per heavy atom. The summed E-state index contributed by atoms with van der Waals surface area (Å²) in [4.78, 5) is 15.0. The van der Waals surface area contributed by atoms with Gasteiger partial charge < -0.3 is 19.9 Å². The molecule has 1 aromatic heterocycles. The highest BCUT2D eigenvalue weighted by atomic mass is 127. The van der Waals surface area contributed by atoms with Crippen LogP contribution in [-0.4, -0.2) is 46.7 Å². The molecule has 5 nitrogen and oxygen atoms in total. The van der Waals surface area contributed by atoms with Crippen LogP contribution in [0.4, 0.5) is 0 Å². The van der Waals surface area contributed by atoms with Gasteiger partial charge in [-0.2, -0.15) is 0 Å². The molecule has 6 heteroatoms. The van der Waals surface area contributed by atoms with Crippen LogP contribution in [0, 0.1) is 3.57 Å². The second-order valence-corrected chi connectivity index (χ2v) is 9.27. The SMILES string of the molecule is O=C(NCCCN1CCCCC1)c1ccc2cn(Cc3ccc(I)cc3)c(O)c2c1. The average molecular weight is 517 g/mol. The maximum atomic E-state index is 12.6. The number of fused-ring (bicyclic) bond motifs is 1. The zero-order valence-electron chi connectivity index (χ0n) is 17.1. The third-order valence-corrected chi connectivity index (χ3v) is 6.49. The first-order valence-corrected chi connectivity index (χ1v) is 11.7. The van der Waals surface area contributed by atoms with Crippen LogP contribution in [0.25, 0.3) is 10.8 Å². The van der Waals surface area contributed by atoms with Crippen molar-refractivity contribution in [1.82, 2.24) is 14.8 Å². The number of likely N-dealkylation sites (tertiary alicyclic amines) is 1. The van der Waals surface area contributed by atoms with E-state index in [9.17, 15) is 9.90 Å². The number of carbonyl (C=O) groups is 1. The predicted molar refractivity (Wildman–Crippen MR) is 129 cm³/mol. The van der Waals surface area contributed by atoms with E-state index in [1.54, 1.807) is 6.07 Å². The summed E-state index contributed by atoms with van der Waals surface area (Å²) in [5, 5.41) is 15.4. The first-order valence-electron chi connectivity index (χ1n) is 10.7. The Morgan fingerprint density at radius 2 is 1.83 bits per heavy atom. The highest BCUT2D eigenvalue weighted by molar-refractivity contribution is 14.1. The van der Waals surface area contributed by atoms with Crippen molar-refractivity contribution in [2.75, 3.05) is 26.2 Å². The third kappa shape index (κ3) is 5.16. The van der Waals surface area contributed by atoms with Gasteiger partial charge in [-0.05, 0) is 91.3 Å². The summed E-state index contributed by atoms with van der Waals surface area (Å²) >= 11 is 2.28. The molecule has 1 saturated heterocycles. The van der Waals surface area contributed by atoms with E-state index in [0.29, 0.717) is 24.0 Å². The number of piperidine rings is 1. The number of hydrogen-bond donors (Lipinski definition) is 2. The molecule has 4 rings (SSSR count). The molecule has 2 N–H and O–H groups in total. The lowest BCUT2D eigenvalue weighted by Crippen LogP contribution is -2.33. The van der Waals surface area contributed by atoms with Gasteiger partial charge in [0.1, 0.15) is 0 Å². The number of nitrogens with one attached hydrogen (secondary N) is 1. The fraction of sp³-hybridized carbons (Fsp3) is 0.375. The zero-order chi connectivity index (χ0) is 20.9. The van der Waals surface area contributed by atoms with Crippen LogP contribution in [0.3, 0.4) is 0 Å². The Morgan fingerprint density at radius 1 is 1.07 bits per heavy atom. The molecule has 1 aliphatic rings. The van der Waals surface area contributed by atoms with Gasteiger partial charge in [-0.25, -0.2) is 0 Å². The highest BCUT2D eigenvalue weighted by Gasteiger charge is 2.13. The molecule has 0 bridgehead atoms. The molecule has 0 unspecified atom stereocenters. The number of aromatic hydroxyl groups is 1. The van der Waals surface area contributed by atoms with Crippen molar-refractivity contribution < 1.29 is 9.90 Å². The fourth-order valence-corrected chi connectivity index (χ4v) is 4.44. The lowest BCUT2D eigenvalue weighted by atomic mass is 10.1. The Hall–Kier alpha value is -2.06. The molecule has 2 heterocycles. The van der Waals surface area contributed by atoms with E-state index in [4.69, 9.17) is 0 Å². The summed E-state index contributed by atoms with van der Waals surface area (Å²) in [7, 11) is 0. The largest absolute Gasteiger partial charge is 0.494 e. The fourth-order valence-electron chi connectivity index (χ4n) is 4.08. The predicted octanol–water partition coefficient (Wildman–Crippen LogP) is 4.61. The van der Waals surface area contributed by atoms with Crippen molar-refractivity contribution >= 4 is 39.3 Å². The first-order chi connectivity index (χ1) is 14.6. The van der Waals surface area contributed by atoms with Crippen molar-refractivity contribution in [1.29, 1.82) is 0 Å². The van der Waals surface area contributed by atoms with E-state index in [0.717, 1.165) is 23.9 Å². The molecule has 3 aromatic rings. The number of carbonyl (C=O) groups excluding carboxylic acids is 1. The van der Waals surface area contributed by atoms with Crippen molar-refractivity contribution in [3.8, 4) is 5.88 Å². The second kappa shape index (κ2) is 9.83. The molecule has 30 heavy (non-hydrogen) atoms. The number of hydrogen-bond acceptors (Lipinski definition) is 3. The van der Waals surface area contributed by atoms with Crippen molar-refractivity contribution in [2.45, 2.75) is 32.2 Å². The van der Waals surface area contributed by atoms with Gasteiger partial charge in [-0.1, -0.05) is 24.6 Å². The Balaban J connectivity index is 1.37. The number of nitrogens with zero attached hydrogens (tertiary/aromatic N) is 2. The van der Waals surface area contributed by atoms with E-state index >= 15 is 0 Å². The second-order valence-electron chi connectivity index (χ2n) is 8.02. The normalized spacial score (nSPS) is 14.8. The van der Waals surface area contributed by atoms with E-state index in [1.807, 2.05) is 22.9 Å². The summed E-state index contributed by atoms with van der Waals surface area (Å²) in [6.45, 7) is 4.68. The molecule has 1 amide bonds. The number of benzene rings is 2. The van der Waals surface area contributed by atoms with Gasteiger partial charge in [0.05, 0.1) is 6.54 Å². The van der Waals surface area contributed by atoms with Gasteiger partial charge in [-0.3, -0.25) is 4.79 Å². The minimum absolute atomic E-state index is 0.0830. The summed E-state index contributed by atoms with van der Waals surface area (Å²) in [6.07, 6.45) is 6.82. The Bertz CT molecular complexity index is 1010. The van der Waals surface area contributed by atoms with Crippen LogP contribution in [0.5, 0.6) is 5.88 Å². The quantitative estimate of drug-likeness (QED) is 0.356. The van der Waals surface area contributed by atoms with Gasteiger partial charge >= 0.3 is 0 Å². The van der Waals surface area contributed by atoms with Crippen LogP contribution >= 0.6 is 22.6 Å². The maximum Gasteiger partial charge on any atom is 0.251 e. The van der Waals surface area contributed by atoms with Gasteiger partial charge in [0.25, 0.3) is 5.91 Å². The van der Waals surface area contributed by atoms with Crippen LogP contribution < -0.4 is 5.32 Å². The smallest absolute Gasteiger partial charge is 0.251 e. The Labute approximate surface area is 191 Å². The molecule has 2 aromatic carbocycles. The number of aromatic nitrogens is 1. The zero-order valence-corrected chi connectivity index (χ0v) is 19.3. The molecule has 0 atom stereocenters. The first kappa shape index (κ1) is 21.2. The lowest BCUT2D eigenvalue weighted by Gasteiger charge is -2.26. The Kier molecular flexibility index (Phi) is 6.94. The molecule has 1 fully saturated rings. The number of amides is 1. The number of halogens is 1. The number of rotatable bonds is 7. The van der Waals surface area contributed by atoms with E-state index in [1.165, 1.54) is 35.9 Å². The lowest BCUT2D eigenvalue weighted by molar-refractivity contribution is 0.0951. The molecule has 0 spiro atoms. The third-order valence-electron chi connectivity index (χ3n) is 5.77. The summed E-state index contributed by atoms with van der Waals surface area (Å²) in [5.41, 5.74) is 1.71. The monoisotopic (exact) mass is 517 g/mol. The van der Waals surface area contributed by atoms with Gasteiger partial charge in [-0.15, -0.1) is 0 Å². The summed E-state index contributed by atoms with van der Waals surface area (Å²) in [5.74, 6) is 0.114. The van der Waals surface area contributed by atoms with Crippen LogP contribution in [0.1, 0.15) is 41.6 Å². The minimum atomic E-state index is -0.0830. The van der Waals surface area contributed by atoms with Crippen molar-refractivity contribution in [3.63, 3.8) is 0 Å². The van der Waals surface area contributed by atoms with Crippen molar-refractivity contribution in [2.24, 2.45) is 0 Å². The average Bonchev–Trinajstić information content (AvgIpc) is 3.08. The molecule has 0 saturated carbocycles. The molecular weight excluding hydrogens is 489 g/mol. The summed E-state index contributed by atoms with van der Waals surface area (Å²) < 4.78 is 3.01. The van der Waals surface area contributed by atoms with Gasteiger partial charge in [0.15, 0.2) is 5.88 Å². The van der Waals surface area contributed by atoms with Gasteiger partial charge in [0, 0.05) is 32.6 Å². The summed E-state index contributed by atoms with van der Waals surface area (Å²) in [6, 6.07) is 13.8. The maximum absolute atomic E-state index is 12.6. The van der Waals surface area contributed by atoms with E-state index < -0.39 is 0 Å².